The standard InChI is InChI=1S/C19H18N2O5S/c1-4-17(22)26-14-6-8-15(9-7-14)27(24,25)19(21-20)18(23)16-10-5-12(2)11-13(16)3/h5-11H,4H2,1-3H3. The molecule has 0 unspecified atom stereocenters. The Balaban J connectivity index is 2.39. The summed E-state index contributed by atoms with van der Waals surface area (Å²) in [7, 11) is -4.37. The molecular formula is C19H18N2O5S. The number of aryl methyl sites for hydroxylation is 2. The van der Waals surface area contributed by atoms with Crippen LogP contribution in [0.25, 0.3) is 5.53 Å². The molecule has 27 heavy (non-hydrogen) atoms. The molecule has 0 aliphatic heterocycles. The molecule has 0 heterocycles. The molecule has 2 rings (SSSR count). The molecule has 0 radical (unpaired) electrons. The lowest BCUT2D eigenvalue weighted by Gasteiger charge is -2.06. The maximum Gasteiger partial charge on any atom is 0.456 e. The van der Waals surface area contributed by atoms with Gasteiger partial charge in [0.2, 0.25) is 0 Å². The number of nitrogens with zero attached hydrogens (tertiary/aromatic N) is 2. The second-order valence-electron chi connectivity index (χ2n) is 5.86. The van der Waals surface area contributed by atoms with Crippen LogP contribution >= 0.6 is 0 Å². The van der Waals surface area contributed by atoms with Gasteiger partial charge in [-0.05, 0) is 43.7 Å². The Hall–Kier alpha value is -3.09. The van der Waals surface area contributed by atoms with Gasteiger partial charge in [0.05, 0.1) is 4.90 Å². The van der Waals surface area contributed by atoms with Crippen molar-refractivity contribution >= 4 is 26.6 Å². The van der Waals surface area contributed by atoms with Crippen LogP contribution in [0.5, 0.6) is 5.75 Å². The van der Waals surface area contributed by atoms with Gasteiger partial charge >= 0.3 is 11.0 Å². The molecule has 140 valence electrons. The van der Waals surface area contributed by atoms with Crippen molar-refractivity contribution in [2.24, 2.45) is 0 Å². The van der Waals surface area contributed by atoms with E-state index < -0.39 is 26.6 Å². The minimum absolute atomic E-state index is 0.130. The van der Waals surface area contributed by atoms with Gasteiger partial charge in [-0.1, -0.05) is 30.7 Å². The van der Waals surface area contributed by atoms with E-state index in [0.717, 1.165) is 5.56 Å². The molecular weight excluding hydrogens is 368 g/mol. The van der Waals surface area contributed by atoms with E-state index in [-0.39, 0.29) is 22.6 Å². The van der Waals surface area contributed by atoms with Gasteiger partial charge in [0, 0.05) is 12.0 Å². The highest BCUT2D eigenvalue weighted by Crippen LogP contribution is 2.20. The molecule has 2 aromatic carbocycles. The van der Waals surface area contributed by atoms with Gasteiger partial charge in [0.25, 0.3) is 15.6 Å². The normalized spacial score (nSPS) is 10.8. The number of ether oxygens (including phenoxy) is 1. The lowest BCUT2D eigenvalue weighted by molar-refractivity contribution is -0.134. The summed E-state index contributed by atoms with van der Waals surface area (Å²) >= 11 is 0. The van der Waals surface area contributed by atoms with Gasteiger partial charge in [-0.2, -0.15) is 0 Å². The highest BCUT2D eigenvalue weighted by molar-refractivity contribution is 8.08. The zero-order valence-corrected chi connectivity index (χ0v) is 15.9. The third-order valence-electron chi connectivity index (χ3n) is 3.82. The van der Waals surface area contributed by atoms with Crippen LogP contribution in [0, 0.1) is 13.8 Å². The molecule has 0 fully saturated rings. The predicted octanol–water partition coefficient (Wildman–Crippen LogP) is 2.90. The molecule has 0 saturated carbocycles. The first-order chi connectivity index (χ1) is 12.7. The number of carbonyl (C=O) groups excluding carboxylic acids is 2. The number of benzene rings is 2. The van der Waals surface area contributed by atoms with E-state index in [9.17, 15) is 23.5 Å². The second kappa shape index (κ2) is 8.07. The quantitative estimate of drug-likeness (QED) is 0.149. The molecule has 0 N–H and O–H groups in total. The zero-order chi connectivity index (χ0) is 20.2. The summed E-state index contributed by atoms with van der Waals surface area (Å²) in [5.74, 6) is -1.20. The van der Waals surface area contributed by atoms with Crippen molar-refractivity contribution in [3.05, 3.63) is 64.7 Å². The number of Topliss-reactive ketones (excluding diaryl/α,β-unsaturated/α-hetero) is 1. The smallest absolute Gasteiger partial charge is 0.427 e. The predicted molar refractivity (Wildman–Crippen MR) is 98.4 cm³/mol. The van der Waals surface area contributed by atoms with Gasteiger partial charge in [-0.25, -0.2) is 8.42 Å². The highest BCUT2D eigenvalue weighted by Gasteiger charge is 2.38. The fourth-order valence-corrected chi connectivity index (χ4v) is 3.59. The third kappa shape index (κ3) is 4.36. The summed E-state index contributed by atoms with van der Waals surface area (Å²) in [6, 6.07) is 9.81. The molecule has 8 heteroatoms. The van der Waals surface area contributed by atoms with E-state index in [2.05, 4.69) is 4.79 Å². The van der Waals surface area contributed by atoms with E-state index in [0.29, 0.717) is 5.56 Å². The van der Waals surface area contributed by atoms with E-state index >= 15 is 0 Å². The summed E-state index contributed by atoms with van der Waals surface area (Å²) in [6.45, 7) is 5.13. The molecule has 7 nitrogen and oxygen atoms in total. The summed E-state index contributed by atoms with van der Waals surface area (Å²) in [5, 5.41) is -0.979. The van der Waals surface area contributed by atoms with E-state index in [1.54, 1.807) is 26.0 Å². The Labute approximate surface area is 157 Å². The van der Waals surface area contributed by atoms with Crippen LogP contribution < -0.4 is 4.74 Å². The highest BCUT2D eigenvalue weighted by atomic mass is 32.2. The number of sulfone groups is 1. The van der Waals surface area contributed by atoms with E-state index in [1.807, 2.05) is 6.92 Å². The minimum atomic E-state index is -4.37. The maximum absolute atomic E-state index is 12.7. The summed E-state index contributed by atoms with van der Waals surface area (Å²) < 4.78 is 30.4. The van der Waals surface area contributed by atoms with Crippen LogP contribution in [-0.4, -0.2) is 30.0 Å². The lowest BCUT2D eigenvalue weighted by Crippen LogP contribution is -2.26. The molecule has 0 amide bonds. The first-order valence-corrected chi connectivity index (χ1v) is 9.58. The molecule has 0 aliphatic carbocycles. The van der Waals surface area contributed by atoms with Gasteiger partial charge in [0.1, 0.15) is 5.75 Å². The Morgan fingerprint density at radius 1 is 1.07 bits per heavy atom. The van der Waals surface area contributed by atoms with Crippen LogP contribution in [0.1, 0.15) is 34.8 Å². The summed E-state index contributed by atoms with van der Waals surface area (Å²) in [4.78, 5) is 26.4. The van der Waals surface area contributed by atoms with Crippen molar-refractivity contribution in [2.75, 3.05) is 0 Å². The number of ketones is 1. The van der Waals surface area contributed by atoms with Gasteiger partial charge in [0.15, 0.2) is 0 Å². The molecule has 2 aromatic rings. The van der Waals surface area contributed by atoms with Crippen molar-refractivity contribution in [1.82, 2.24) is 0 Å². The number of rotatable bonds is 5. The van der Waals surface area contributed by atoms with Crippen molar-refractivity contribution in [1.29, 1.82) is 0 Å². The first kappa shape index (κ1) is 20.2. The Morgan fingerprint density at radius 2 is 1.70 bits per heavy atom. The zero-order valence-electron chi connectivity index (χ0n) is 15.1. The van der Waals surface area contributed by atoms with Gasteiger partial charge < -0.3 is 10.3 Å². The maximum atomic E-state index is 12.7. The fraction of sp³-hybridized carbons (Fsp3) is 0.211. The van der Waals surface area contributed by atoms with Crippen molar-refractivity contribution < 1.29 is 27.5 Å². The van der Waals surface area contributed by atoms with E-state index in [1.165, 1.54) is 30.3 Å². The Bertz CT molecular complexity index is 1050. The monoisotopic (exact) mass is 386 g/mol. The van der Waals surface area contributed by atoms with Crippen LogP contribution in [0.4, 0.5) is 0 Å². The fourth-order valence-electron chi connectivity index (χ4n) is 2.41. The summed E-state index contributed by atoms with van der Waals surface area (Å²) in [6.07, 6.45) is 0.172. The van der Waals surface area contributed by atoms with Crippen LogP contribution in [0.3, 0.4) is 0 Å². The topological polar surface area (TPSA) is 114 Å². The molecule has 0 bridgehead atoms. The summed E-state index contributed by atoms with van der Waals surface area (Å²) in [5.41, 5.74) is 10.8. The van der Waals surface area contributed by atoms with Crippen molar-refractivity contribution in [2.45, 2.75) is 32.1 Å². The molecule has 0 aliphatic rings. The van der Waals surface area contributed by atoms with E-state index in [4.69, 9.17) is 4.74 Å². The van der Waals surface area contributed by atoms with Gasteiger partial charge in [-0.3, -0.25) is 9.59 Å². The van der Waals surface area contributed by atoms with Crippen LogP contribution in [0.2, 0.25) is 0 Å². The average molecular weight is 386 g/mol. The minimum Gasteiger partial charge on any atom is -0.427 e. The molecule has 0 aromatic heterocycles. The average Bonchev–Trinajstić information content (AvgIpc) is 2.62. The Morgan fingerprint density at radius 3 is 2.22 bits per heavy atom. The van der Waals surface area contributed by atoms with Crippen LogP contribution in [0.15, 0.2) is 47.4 Å². The number of hydrogen-bond acceptors (Lipinski definition) is 5. The Kier molecular flexibility index (Phi) is 6.05. The number of esters is 1. The van der Waals surface area contributed by atoms with Crippen molar-refractivity contribution in [3.8, 4) is 5.75 Å². The lowest BCUT2D eigenvalue weighted by atomic mass is 10.0. The number of carbonyl (C=O) groups is 2. The SMILES string of the molecule is CCC(=O)Oc1ccc(S(=O)(=O)C(=[N+]=[N-])C(=O)c2ccc(C)cc2C)cc1. The van der Waals surface area contributed by atoms with Crippen molar-refractivity contribution in [3.63, 3.8) is 0 Å². The van der Waals surface area contributed by atoms with Gasteiger partial charge in [-0.15, -0.1) is 4.79 Å². The first-order valence-electron chi connectivity index (χ1n) is 8.10. The second-order valence-corrected chi connectivity index (χ2v) is 7.72. The number of hydrogen-bond donors (Lipinski definition) is 0. The molecule has 0 saturated heterocycles. The van der Waals surface area contributed by atoms with Crippen LogP contribution in [-0.2, 0) is 14.6 Å². The molecule has 0 spiro atoms. The third-order valence-corrected chi connectivity index (χ3v) is 5.49. The molecule has 0 atom stereocenters. The largest absolute Gasteiger partial charge is 0.456 e.